The molecule has 17 heavy (non-hydrogen) atoms. The molecule has 0 atom stereocenters. The van der Waals surface area contributed by atoms with Gasteiger partial charge in [-0.3, -0.25) is 10.1 Å². The van der Waals surface area contributed by atoms with Gasteiger partial charge in [0.2, 0.25) is 5.95 Å². The molecular formula is C9H7BrN4O2S. The van der Waals surface area contributed by atoms with E-state index in [-0.39, 0.29) is 5.69 Å². The lowest BCUT2D eigenvalue weighted by atomic mass is 10.5. The van der Waals surface area contributed by atoms with Crippen LogP contribution in [-0.2, 0) is 6.54 Å². The fourth-order valence-electron chi connectivity index (χ4n) is 1.12. The number of nitrogens with one attached hydrogen (secondary N) is 1. The summed E-state index contributed by atoms with van der Waals surface area (Å²) < 4.78 is 1.05. The minimum Gasteiger partial charge on any atom is -0.349 e. The molecule has 2 aromatic heterocycles. The Morgan fingerprint density at radius 3 is 2.65 bits per heavy atom. The Morgan fingerprint density at radius 2 is 2.12 bits per heavy atom. The zero-order chi connectivity index (χ0) is 12.3. The van der Waals surface area contributed by atoms with Crippen LogP contribution < -0.4 is 5.32 Å². The molecule has 2 aromatic rings. The lowest BCUT2D eigenvalue weighted by Gasteiger charge is -2.01. The highest BCUT2D eigenvalue weighted by atomic mass is 79.9. The first-order chi connectivity index (χ1) is 8.15. The second-order valence-corrected chi connectivity index (χ2v) is 5.63. The summed E-state index contributed by atoms with van der Waals surface area (Å²) in [5.41, 5.74) is -0.116. The van der Waals surface area contributed by atoms with Crippen molar-refractivity contribution in [2.24, 2.45) is 0 Å². The monoisotopic (exact) mass is 314 g/mol. The topological polar surface area (TPSA) is 81.0 Å². The lowest BCUT2D eigenvalue weighted by molar-refractivity contribution is -0.385. The molecule has 0 unspecified atom stereocenters. The molecule has 88 valence electrons. The van der Waals surface area contributed by atoms with Gasteiger partial charge >= 0.3 is 5.69 Å². The molecule has 0 amide bonds. The molecule has 0 aliphatic rings. The third-order valence-electron chi connectivity index (χ3n) is 1.90. The van der Waals surface area contributed by atoms with E-state index in [9.17, 15) is 10.1 Å². The number of rotatable bonds is 4. The summed E-state index contributed by atoms with van der Waals surface area (Å²) in [5.74, 6) is 0.375. The maximum atomic E-state index is 10.4. The van der Waals surface area contributed by atoms with Crippen LogP contribution in [0.5, 0.6) is 0 Å². The van der Waals surface area contributed by atoms with Gasteiger partial charge in [0.1, 0.15) is 12.4 Å². The standard InChI is InChI=1S/C9H7BrN4O2S/c10-8-2-1-7(17-8)5-13-9-11-3-6(4-12-9)14(15)16/h1-4H,5H2,(H,11,12,13). The number of aromatic nitrogens is 2. The van der Waals surface area contributed by atoms with Gasteiger partial charge in [0, 0.05) is 4.88 Å². The van der Waals surface area contributed by atoms with Gasteiger partial charge < -0.3 is 5.32 Å². The van der Waals surface area contributed by atoms with Gasteiger partial charge in [0.05, 0.1) is 15.3 Å². The summed E-state index contributed by atoms with van der Waals surface area (Å²) in [7, 11) is 0. The predicted molar refractivity (Wildman–Crippen MR) is 68.0 cm³/mol. The van der Waals surface area contributed by atoms with E-state index in [1.807, 2.05) is 12.1 Å². The van der Waals surface area contributed by atoms with Crippen LogP contribution >= 0.6 is 27.3 Å². The summed E-state index contributed by atoms with van der Waals surface area (Å²) in [5, 5.41) is 13.4. The molecule has 2 heterocycles. The van der Waals surface area contributed by atoms with E-state index in [4.69, 9.17) is 0 Å². The minimum atomic E-state index is -0.528. The van der Waals surface area contributed by atoms with E-state index in [0.29, 0.717) is 12.5 Å². The molecule has 2 rings (SSSR count). The normalized spacial score (nSPS) is 10.2. The molecule has 6 nitrogen and oxygen atoms in total. The van der Waals surface area contributed by atoms with Crippen LogP contribution in [0.15, 0.2) is 28.3 Å². The van der Waals surface area contributed by atoms with Gasteiger partial charge in [-0.15, -0.1) is 11.3 Å². The van der Waals surface area contributed by atoms with Crippen molar-refractivity contribution in [2.75, 3.05) is 5.32 Å². The quantitative estimate of drug-likeness (QED) is 0.693. The molecule has 0 aromatic carbocycles. The number of anilines is 1. The Balaban J connectivity index is 1.97. The van der Waals surface area contributed by atoms with Crippen LogP contribution in [0.4, 0.5) is 11.6 Å². The zero-order valence-electron chi connectivity index (χ0n) is 8.46. The summed E-state index contributed by atoms with van der Waals surface area (Å²) in [6.45, 7) is 0.591. The Hall–Kier alpha value is -1.54. The maximum Gasteiger partial charge on any atom is 0.305 e. The van der Waals surface area contributed by atoms with Gasteiger partial charge in [-0.1, -0.05) is 0 Å². The van der Waals surface area contributed by atoms with Crippen molar-refractivity contribution >= 4 is 38.9 Å². The van der Waals surface area contributed by atoms with E-state index in [0.717, 1.165) is 8.66 Å². The summed E-state index contributed by atoms with van der Waals surface area (Å²) >= 11 is 4.97. The summed E-state index contributed by atoms with van der Waals surface area (Å²) in [6.07, 6.45) is 2.36. The third-order valence-corrected chi connectivity index (χ3v) is 3.52. The van der Waals surface area contributed by atoms with Gasteiger partial charge in [0.15, 0.2) is 0 Å². The highest BCUT2D eigenvalue weighted by Crippen LogP contribution is 2.22. The number of nitro groups is 1. The second kappa shape index (κ2) is 5.19. The zero-order valence-corrected chi connectivity index (χ0v) is 10.9. The van der Waals surface area contributed by atoms with Crippen molar-refractivity contribution in [2.45, 2.75) is 6.54 Å². The van der Waals surface area contributed by atoms with Crippen LogP contribution in [0.2, 0.25) is 0 Å². The molecule has 8 heteroatoms. The van der Waals surface area contributed by atoms with Crippen molar-refractivity contribution in [1.82, 2.24) is 9.97 Å². The molecule has 1 N–H and O–H groups in total. The first-order valence-corrected chi connectivity index (χ1v) is 6.20. The summed E-state index contributed by atoms with van der Waals surface area (Å²) in [6, 6.07) is 3.94. The van der Waals surface area contributed by atoms with Crippen LogP contribution in [0.25, 0.3) is 0 Å². The molecule has 0 bridgehead atoms. The van der Waals surface area contributed by atoms with Crippen molar-refractivity contribution in [3.8, 4) is 0 Å². The van der Waals surface area contributed by atoms with Crippen LogP contribution in [0, 0.1) is 10.1 Å². The molecule has 0 spiro atoms. The average molecular weight is 315 g/mol. The minimum absolute atomic E-state index is 0.116. The second-order valence-electron chi connectivity index (χ2n) is 3.08. The Bertz CT molecular complexity index is 528. The highest BCUT2D eigenvalue weighted by Gasteiger charge is 2.06. The summed E-state index contributed by atoms with van der Waals surface area (Å²) in [4.78, 5) is 18.7. The molecule has 0 saturated heterocycles. The van der Waals surface area contributed by atoms with E-state index in [2.05, 4.69) is 31.2 Å². The first kappa shape index (κ1) is 11.9. The Labute approximate surface area is 109 Å². The van der Waals surface area contributed by atoms with Crippen molar-refractivity contribution in [1.29, 1.82) is 0 Å². The van der Waals surface area contributed by atoms with Crippen LogP contribution in [0.1, 0.15) is 4.88 Å². The molecule has 0 aliphatic heterocycles. The number of thiophene rings is 1. The number of hydrogen-bond acceptors (Lipinski definition) is 6. The van der Waals surface area contributed by atoms with Gasteiger partial charge in [-0.05, 0) is 28.1 Å². The van der Waals surface area contributed by atoms with Gasteiger partial charge in [0.25, 0.3) is 0 Å². The lowest BCUT2D eigenvalue weighted by Crippen LogP contribution is -2.02. The van der Waals surface area contributed by atoms with Crippen molar-refractivity contribution < 1.29 is 4.92 Å². The molecule has 0 saturated carbocycles. The van der Waals surface area contributed by atoms with Crippen LogP contribution in [-0.4, -0.2) is 14.9 Å². The average Bonchev–Trinajstić information content (AvgIpc) is 2.73. The molecule has 0 fully saturated rings. The SMILES string of the molecule is O=[N+]([O-])c1cnc(NCc2ccc(Br)s2)nc1. The number of nitrogens with zero attached hydrogens (tertiary/aromatic N) is 3. The van der Waals surface area contributed by atoms with E-state index in [1.54, 1.807) is 11.3 Å². The largest absolute Gasteiger partial charge is 0.349 e. The van der Waals surface area contributed by atoms with Crippen LogP contribution in [0.3, 0.4) is 0 Å². The van der Waals surface area contributed by atoms with Gasteiger partial charge in [-0.2, -0.15) is 0 Å². The van der Waals surface area contributed by atoms with E-state index in [1.165, 1.54) is 12.4 Å². The van der Waals surface area contributed by atoms with E-state index >= 15 is 0 Å². The number of hydrogen-bond donors (Lipinski definition) is 1. The first-order valence-electron chi connectivity index (χ1n) is 4.59. The molecule has 0 radical (unpaired) electrons. The third kappa shape index (κ3) is 3.21. The maximum absolute atomic E-state index is 10.4. The Kier molecular flexibility index (Phi) is 3.64. The van der Waals surface area contributed by atoms with Crippen molar-refractivity contribution in [3.05, 3.63) is 43.3 Å². The highest BCUT2D eigenvalue weighted by molar-refractivity contribution is 9.11. The molecule has 0 aliphatic carbocycles. The van der Waals surface area contributed by atoms with Gasteiger partial charge in [-0.25, -0.2) is 9.97 Å². The fraction of sp³-hybridized carbons (Fsp3) is 0.111. The Morgan fingerprint density at radius 1 is 1.41 bits per heavy atom. The molecular weight excluding hydrogens is 308 g/mol. The predicted octanol–water partition coefficient (Wildman–Crippen LogP) is 2.82. The smallest absolute Gasteiger partial charge is 0.305 e. The van der Waals surface area contributed by atoms with Crippen molar-refractivity contribution in [3.63, 3.8) is 0 Å². The van der Waals surface area contributed by atoms with E-state index < -0.39 is 4.92 Å². The number of halogens is 1. The fourth-order valence-corrected chi connectivity index (χ4v) is 2.54.